The van der Waals surface area contributed by atoms with Crippen molar-refractivity contribution < 1.29 is 19.8 Å². The average molecular weight is 235 g/mol. The van der Waals surface area contributed by atoms with Gasteiger partial charge in [0, 0.05) is 12.1 Å². The highest BCUT2D eigenvalue weighted by atomic mass is 16.4. The van der Waals surface area contributed by atoms with Crippen molar-refractivity contribution in [1.82, 2.24) is 0 Å². The van der Waals surface area contributed by atoms with Gasteiger partial charge in [0.05, 0.1) is 12.5 Å². The zero-order chi connectivity index (χ0) is 12.4. The number of benzene rings is 1. The Kier molecular flexibility index (Phi) is 3.10. The fourth-order valence-electron chi connectivity index (χ4n) is 1.88. The van der Waals surface area contributed by atoms with Crippen LogP contribution in [0, 0.1) is 0 Å². The first kappa shape index (κ1) is 11.6. The molecule has 17 heavy (non-hydrogen) atoms. The van der Waals surface area contributed by atoms with Crippen LogP contribution in [0.25, 0.3) is 0 Å². The Bertz CT molecular complexity index is 470. The van der Waals surface area contributed by atoms with Crippen molar-refractivity contribution in [3.05, 3.63) is 29.3 Å². The molecule has 90 valence electrons. The van der Waals surface area contributed by atoms with E-state index in [9.17, 15) is 14.7 Å². The number of aliphatic carboxylic acids is 1. The normalized spacial score (nSPS) is 15.2. The molecule has 0 saturated heterocycles. The lowest BCUT2D eigenvalue weighted by Crippen LogP contribution is -2.03. The lowest BCUT2D eigenvalue weighted by molar-refractivity contribution is -0.137. The fourth-order valence-corrected chi connectivity index (χ4v) is 1.88. The Balaban J connectivity index is 2.10. The lowest BCUT2D eigenvalue weighted by Gasteiger charge is -2.10. The average Bonchev–Trinajstić information content (AvgIpc) is 2.64. The summed E-state index contributed by atoms with van der Waals surface area (Å²) in [6.45, 7) is 0. The predicted molar refractivity (Wildman–Crippen MR) is 60.6 cm³/mol. The minimum absolute atomic E-state index is 0.0582. The van der Waals surface area contributed by atoms with Crippen LogP contribution in [0.1, 0.15) is 30.1 Å². The molecule has 1 unspecified atom stereocenters. The van der Waals surface area contributed by atoms with E-state index >= 15 is 0 Å². The zero-order valence-electron chi connectivity index (χ0n) is 9.14. The standard InChI is InChI=1S/C12H13NO4/c14-10(3-4-12(16)17)7-1-2-9-8(5-7)6-11(15)13-9/h1-2,5,10,14H,3-4,6H2,(H,13,15)(H,16,17). The molecule has 1 aromatic rings. The number of carbonyl (C=O) groups excluding carboxylic acids is 1. The van der Waals surface area contributed by atoms with Crippen LogP contribution in [0.15, 0.2) is 18.2 Å². The summed E-state index contributed by atoms with van der Waals surface area (Å²) in [7, 11) is 0. The molecule has 1 aliphatic heterocycles. The van der Waals surface area contributed by atoms with Crippen LogP contribution in [0.5, 0.6) is 0 Å². The number of carbonyl (C=O) groups is 2. The molecule has 1 amide bonds. The van der Waals surface area contributed by atoms with Crippen molar-refractivity contribution in [1.29, 1.82) is 0 Å². The van der Waals surface area contributed by atoms with Gasteiger partial charge in [0.15, 0.2) is 0 Å². The molecule has 0 spiro atoms. The second-order valence-electron chi connectivity index (χ2n) is 4.09. The molecule has 3 N–H and O–H groups in total. The van der Waals surface area contributed by atoms with Gasteiger partial charge in [-0.1, -0.05) is 12.1 Å². The second kappa shape index (κ2) is 4.55. The van der Waals surface area contributed by atoms with Gasteiger partial charge in [0.2, 0.25) is 5.91 Å². The molecule has 0 aliphatic carbocycles. The summed E-state index contributed by atoms with van der Waals surface area (Å²) in [5, 5.41) is 21.0. The molecule has 0 saturated carbocycles. The summed E-state index contributed by atoms with van der Waals surface area (Å²) in [5.41, 5.74) is 2.27. The van der Waals surface area contributed by atoms with Crippen LogP contribution in [-0.4, -0.2) is 22.1 Å². The topological polar surface area (TPSA) is 86.6 Å². The second-order valence-corrected chi connectivity index (χ2v) is 4.09. The van der Waals surface area contributed by atoms with Crippen LogP contribution in [0.4, 0.5) is 5.69 Å². The van der Waals surface area contributed by atoms with E-state index in [0.29, 0.717) is 12.0 Å². The quantitative estimate of drug-likeness (QED) is 0.728. The van der Waals surface area contributed by atoms with Crippen LogP contribution >= 0.6 is 0 Å². The molecule has 1 heterocycles. The summed E-state index contributed by atoms with van der Waals surface area (Å²) in [5.74, 6) is -0.987. The SMILES string of the molecule is O=C(O)CCC(O)c1ccc2c(c1)CC(=O)N2. The van der Waals surface area contributed by atoms with E-state index in [4.69, 9.17) is 5.11 Å². The van der Waals surface area contributed by atoms with Crippen molar-refractivity contribution >= 4 is 17.6 Å². The van der Waals surface area contributed by atoms with E-state index in [-0.39, 0.29) is 18.7 Å². The molecular weight excluding hydrogens is 222 g/mol. The third-order valence-corrected chi connectivity index (χ3v) is 2.77. The number of carboxylic acids is 1. The van der Waals surface area contributed by atoms with E-state index in [1.54, 1.807) is 18.2 Å². The highest BCUT2D eigenvalue weighted by molar-refractivity contribution is 5.99. The van der Waals surface area contributed by atoms with Crippen LogP contribution in [0.3, 0.4) is 0 Å². The number of nitrogens with one attached hydrogen (secondary N) is 1. The van der Waals surface area contributed by atoms with Crippen molar-refractivity contribution in [2.24, 2.45) is 0 Å². The summed E-state index contributed by atoms with van der Waals surface area (Å²) < 4.78 is 0. The third kappa shape index (κ3) is 2.62. The van der Waals surface area contributed by atoms with Crippen molar-refractivity contribution in [3.8, 4) is 0 Å². The van der Waals surface area contributed by atoms with Gasteiger partial charge in [-0.05, 0) is 23.6 Å². The van der Waals surface area contributed by atoms with E-state index < -0.39 is 12.1 Å². The molecule has 2 rings (SSSR count). The summed E-state index contributed by atoms with van der Waals surface area (Å²) in [4.78, 5) is 21.5. The minimum atomic E-state index is -0.929. The molecule has 1 aliphatic rings. The van der Waals surface area contributed by atoms with E-state index in [2.05, 4.69) is 5.32 Å². The highest BCUT2D eigenvalue weighted by Crippen LogP contribution is 2.27. The van der Waals surface area contributed by atoms with E-state index in [1.807, 2.05) is 0 Å². The monoisotopic (exact) mass is 235 g/mol. The first-order valence-corrected chi connectivity index (χ1v) is 5.39. The minimum Gasteiger partial charge on any atom is -0.481 e. The van der Waals surface area contributed by atoms with Gasteiger partial charge in [-0.15, -0.1) is 0 Å². The van der Waals surface area contributed by atoms with Gasteiger partial charge in [-0.3, -0.25) is 9.59 Å². The Morgan fingerprint density at radius 3 is 2.94 bits per heavy atom. The third-order valence-electron chi connectivity index (χ3n) is 2.77. The van der Waals surface area contributed by atoms with Crippen LogP contribution in [-0.2, 0) is 16.0 Å². The Labute approximate surface area is 98.1 Å². The smallest absolute Gasteiger partial charge is 0.303 e. The number of hydrogen-bond acceptors (Lipinski definition) is 3. The van der Waals surface area contributed by atoms with Gasteiger partial charge in [-0.2, -0.15) is 0 Å². The number of hydrogen-bond donors (Lipinski definition) is 3. The molecule has 5 nitrogen and oxygen atoms in total. The maximum absolute atomic E-state index is 11.1. The van der Waals surface area contributed by atoms with Gasteiger partial charge in [0.1, 0.15) is 0 Å². The number of fused-ring (bicyclic) bond motifs is 1. The van der Waals surface area contributed by atoms with Gasteiger partial charge >= 0.3 is 5.97 Å². The largest absolute Gasteiger partial charge is 0.481 e. The molecular formula is C12H13NO4. The number of aliphatic hydroxyl groups is 1. The van der Waals surface area contributed by atoms with Crippen molar-refractivity contribution in [3.63, 3.8) is 0 Å². The summed E-state index contributed by atoms with van der Waals surface area (Å²) in [6.07, 6.45) is -0.383. The Morgan fingerprint density at radius 1 is 1.47 bits per heavy atom. The molecule has 1 aromatic carbocycles. The van der Waals surface area contributed by atoms with E-state index in [1.165, 1.54) is 0 Å². The number of aliphatic hydroxyl groups excluding tert-OH is 1. The molecule has 5 heteroatoms. The van der Waals surface area contributed by atoms with Gasteiger partial charge < -0.3 is 15.5 Å². The number of amides is 1. The summed E-state index contributed by atoms with van der Waals surface area (Å²) >= 11 is 0. The van der Waals surface area contributed by atoms with Gasteiger partial charge in [-0.25, -0.2) is 0 Å². The number of rotatable bonds is 4. The summed E-state index contributed by atoms with van der Waals surface area (Å²) in [6, 6.07) is 5.19. The Morgan fingerprint density at radius 2 is 2.24 bits per heavy atom. The zero-order valence-corrected chi connectivity index (χ0v) is 9.14. The van der Waals surface area contributed by atoms with Crippen molar-refractivity contribution in [2.75, 3.05) is 5.32 Å². The maximum atomic E-state index is 11.1. The van der Waals surface area contributed by atoms with Crippen LogP contribution in [0.2, 0.25) is 0 Å². The highest BCUT2D eigenvalue weighted by Gasteiger charge is 2.19. The first-order chi connectivity index (χ1) is 8.06. The number of anilines is 1. The molecule has 0 bridgehead atoms. The molecule has 1 atom stereocenters. The lowest BCUT2D eigenvalue weighted by atomic mass is 10.0. The molecule has 0 fully saturated rings. The van der Waals surface area contributed by atoms with E-state index in [0.717, 1.165) is 11.3 Å². The first-order valence-electron chi connectivity index (χ1n) is 5.39. The maximum Gasteiger partial charge on any atom is 0.303 e. The fraction of sp³-hybridized carbons (Fsp3) is 0.333. The number of carboxylic acid groups (broad SMARTS) is 1. The predicted octanol–water partition coefficient (Wildman–Crippen LogP) is 1.08. The van der Waals surface area contributed by atoms with Gasteiger partial charge in [0.25, 0.3) is 0 Å². The molecule has 0 radical (unpaired) electrons. The molecule has 0 aromatic heterocycles. The Hall–Kier alpha value is -1.88. The van der Waals surface area contributed by atoms with Crippen molar-refractivity contribution in [2.45, 2.75) is 25.4 Å². The van der Waals surface area contributed by atoms with Crippen LogP contribution < -0.4 is 5.32 Å².